The minimum atomic E-state index is -0.265. The molecule has 0 saturated heterocycles. The van der Waals surface area contributed by atoms with E-state index in [0.29, 0.717) is 17.0 Å². The summed E-state index contributed by atoms with van der Waals surface area (Å²) in [4.78, 5) is 25.9. The second-order valence-corrected chi connectivity index (χ2v) is 2.89. The Kier molecular flexibility index (Phi) is 1.54. The van der Waals surface area contributed by atoms with Gasteiger partial charge in [-0.15, -0.1) is 0 Å². The van der Waals surface area contributed by atoms with Crippen LogP contribution in [-0.2, 0) is 0 Å². The summed E-state index contributed by atoms with van der Waals surface area (Å²) in [6, 6.07) is 0. The predicted molar refractivity (Wildman–Crippen MR) is 48.8 cm³/mol. The van der Waals surface area contributed by atoms with Crippen LogP contribution >= 0.6 is 0 Å². The molecule has 0 aromatic carbocycles. The highest BCUT2D eigenvalue weighted by molar-refractivity contribution is 5.82. The van der Waals surface area contributed by atoms with Crippen LogP contribution in [0.3, 0.4) is 0 Å². The van der Waals surface area contributed by atoms with Gasteiger partial charge in [0.1, 0.15) is 11.8 Å². The highest BCUT2D eigenvalue weighted by Gasteiger charge is 2.07. The van der Waals surface area contributed by atoms with Crippen LogP contribution in [0.25, 0.3) is 11.2 Å². The van der Waals surface area contributed by atoms with Gasteiger partial charge in [-0.05, 0) is 0 Å². The smallest absolute Gasteiger partial charge is 0.325 e. The first-order valence-corrected chi connectivity index (χ1v) is 3.79. The Hall–Kier alpha value is -1.85. The van der Waals surface area contributed by atoms with Crippen molar-refractivity contribution in [3.63, 3.8) is 0 Å². The van der Waals surface area contributed by atoms with Crippen molar-refractivity contribution in [2.45, 2.75) is 0 Å². The lowest BCUT2D eigenvalue weighted by Gasteiger charge is -2.10. The molecule has 0 radical (unpaired) electrons. The van der Waals surface area contributed by atoms with Crippen molar-refractivity contribution in [1.29, 1.82) is 0 Å². The van der Waals surface area contributed by atoms with Crippen molar-refractivity contribution in [2.75, 3.05) is 19.0 Å². The molecule has 68 valence electrons. The first-order valence-electron chi connectivity index (χ1n) is 3.79. The number of aromatic nitrogens is 4. The Morgan fingerprint density at radius 1 is 1.31 bits per heavy atom. The number of nitrogens with one attached hydrogen (secondary N) is 2. The van der Waals surface area contributed by atoms with Crippen molar-refractivity contribution in [1.82, 2.24) is 19.9 Å². The Morgan fingerprint density at radius 3 is 2.77 bits per heavy atom. The highest BCUT2D eigenvalue weighted by atomic mass is 16.1. The maximum Gasteiger partial charge on any atom is 0.325 e. The SMILES string of the molecule is CN(C)c1ncnc2[nH]c(=O)[nH]c12. The number of nitrogens with zero attached hydrogens (tertiary/aromatic N) is 3. The third-order valence-corrected chi connectivity index (χ3v) is 1.72. The Bertz CT molecular complexity index is 483. The van der Waals surface area contributed by atoms with Crippen molar-refractivity contribution < 1.29 is 0 Å². The molecule has 0 saturated carbocycles. The van der Waals surface area contributed by atoms with Crippen LogP contribution in [0.15, 0.2) is 11.1 Å². The molecule has 0 aliphatic carbocycles. The Balaban J connectivity index is 2.82. The zero-order valence-corrected chi connectivity index (χ0v) is 7.33. The molecule has 6 heteroatoms. The van der Waals surface area contributed by atoms with Crippen LogP contribution in [0.2, 0.25) is 0 Å². The molecule has 13 heavy (non-hydrogen) atoms. The first-order chi connectivity index (χ1) is 6.18. The van der Waals surface area contributed by atoms with Gasteiger partial charge in [0.15, 0.2) is 11.5 Å². The quantitative estimate of drug-likeness (QED) is 0.630. The van der Waals surface area contributed by atoms with Gasteiger partial charge in [0.05, 0.1) is 0 Å². The maximum atomic E-state index is 11.0. The van der Waals surface area contributed by atoms with Gasteiger partial charge in [0.25, 0.3) is 0 Å². The van der Waals surface area contributed by atoms with Crippen molar-refractivity contribution in [2.24, 2.45) is 0 Å². The number of rotatable bonds is 1. The van der Waals surface area contributed by atoms with Gasteiger partial charge < -0.3 is 9.88 Å². The van der Waals surface area contributed by atoms with Crippen molar-refractivity contribution in [3.05, 3.63) is 16.8 Å². The minimum Gasteiger partial charge on any atom is -0.361 e. The zero-order chi connectivity index (χ0) is 9.42. The second-order valence-electron chi connectivity index (χ2n) is 2.89. The van der Waals surface area contributed by atoms with E-state index in [1.54, 1.807) is 0 Å². The fourth-order valence-corrected chi connectivity index (χ4v) is 1.18. The van der Waals surface area contributed by atoms with Crippen LogP contribution < -0.4 is 10.6 Å². The van der Waals surface area contributed by atoms with E-state index in [2.05, 4.69) is 19.9 Å². The lowest BCUT2D eigenvalue weighted by atomic mass is 10.5. The van der Waals surface area contributed by atoms with E-state index in [1.807, 2.05) is 19.0 Å². The summed E-state index contributed by atoms with van der Waals surface area (Å²) in [5.74, 6) is 0.698. The summed E-state index contributed by atoms with van der Waals surface area (Å²) in [5, 5.41) is 0. The fourth-order valence-electron chi connectivity index (χ4n) is 1.18. The van der Waals surface area contributed by atoms with Gasteiger partial charge in [0, 0.05) is 14.1 Å². The molecular formula is C7H9N5O. The molecular weight excluding hydrogens is 170 g/mol. The van der Waals surface area contributed by atoms with E-state index in [4.69, 9.17) is 0 Å². The third-order valence-electron chi connectivity index (χ3n) is 1.72. The van der Waals surface area contributed by atoms with Gasteiger partial charge in [-0.1, -0.05) is 0 Å². The number of hydrogen-bond acceptors (Lipinski definition) is 4. The van der Waals surface area contributed by atoms with Gasteiger partial charge in [-0.2, -0.15) is 0 Å². The van der Waals surface area contributed by atoms with Crippen molar-refractivity contribution in [3.8, 4) is 0 Å². The molecule has 0 spiro atoms. The molecule has 2 heterocycles. The normalized spacial score (nSPS) is 10.6. The average Bonchev–Trinajstić information content (AvgIpc) is 2.43. The molecule has 0 bridgehead atoms. The summed E-state index contributed by atoms with van der Waals surface area (Å²) in [6.07, 6.45) is 1.42. The molecule has 0 fully saturated rings. The Labute approximate surface area is 73.6 Å². The number of H-pyrrole nitrogens is 2. The molecule has 0 aliphatic heterocycles. The van der Waals surface area contributed by atoms with E-state index in [-0.39, 0.29) is 5.69 Å². The van der Waals surface area contributed by atoms with E-state index < -0.39 is 0 Å². The lowest BCUT2D eigenvalue weighted by Crippen LogP contribution is -2.11. The van der Waals surface area contributed by atoms with E-state index in [0.717, 1.165) is 0 Å². The topological polar surface area (TPSA) is 77.7 Å². The molecule has 2 aromatic heterocycles. The number of imidazole rings is 1. The monoisotopic (exact) mass is 179 g/mol. The average molecular weight is 179 g/mol. The molecule has 0 atom stereocenters. The van der Waals surface area contributed by atoms with Gasteiger partial charge in [-0.3, -0.25) is 4.98 Å². The number of hydrogen-bond donors (Lipinski definition) is 2. The summed E-state index contributed by atoms with van der Waals surface area (Å²) < 4.78 is 0. The zero-order valence-electron chi connectivity index (χ0n) is 7.33. The molecule has 6 nitrogen and oxygen atoms in total. The number of anilines is 1. The van der Waals surface area contributed by atoms with Crippen LogP contribution in [0.1, 0.15) is 0 Å². The van der Waals surface area contributed by atoms with Crippen LogP contribution in [0, 0.1) is 0 Å². The summed E-state index contributed by atoms with van der Waals surface area (Å²) in [6.45, 7) is 0. The van der Waals surface area contributed by atoms with E-state index in [9.17, 15) is 4.79 Å². The van der Waals surface area contributed by atoms with Gasteiger partial charge >= 0.3 is 5.69 Å². The van der Waals surface area contributed by atoms with Crippen LogP contribution in [-0.4, -0.2) is 34.0 Å². The summed E-state index contributed by atoms with van der Waals surface area (Å²) >= 11 is 0. The molecule has 2 rings (SSSR count). The fraction of sp³-hybridized carbons (Fsp3) is 0.286. The van der Waals surface area contributed by atoms with E-state index >= 15 is 0 Å². The molecule has 2 aromatic rings. The van der Waals surface area contributed by atoms with Crippen LogP contribution in [0.5, 0.6) is 0 Å². The van der Waals surface area contributed by atoms with Crippen LogP contribution in [0.4, 0.5) is 5.82 Å². The summed E-state index contributed by atoms with van der Waals surface area (Å²) in [7, 11) is 3.71. The van der Waals surface area contributed by atoms with Gasteiger partial charge in [-0.25, -0.2) is 14.8 Å². The molecule has 0 aliphatic rings. The number of fused-ring (bicyclic) bond motifs is 1. The Morgan fingerprint density at radius 2 is 2.08 bits per heavy atom. The molecule has 0 amide bonds. The molecule has 0 unspecified atom stereocenters. The summed E-state index contributed by atoms with van der Waals surface area (Å²) in [5.41, 5.74) is 0.903. The first kappa shape index (κ1) is 7.78. The lowest BCUT2D eigenvalue weighted by molar-refractivity contribution is 1.05. The molecule has 2 N–H and O–H groups in total. The second kappa shape index (κ2) is 2.58. The standard InChI is InChI=1S/C7H9N5O/c1-12(2)6-4-5(8-3-9-6)11-7(13)10-4/h3H,1-2H3,(H2,8,9,10,11,13). The minimum absolute atomic E-state index is 0.265. The third kappa shape index (κ3) is 1.16. The number of aromatic amines is 2. The highest BCUT2D eigenvalue weighted by Crippen LogP contribution is 2.14. The van der Waals surface area contributed by atoms with Gasteiger partial charge in [0.2, 0.25) is 0 Å². The maximum absolute atomic E-state index is 11.0. The van der Waals surface area contributed by atoms with E-state index in [1.165, 1.54) is 6.33 Å². The largest absolute Gasteiger partial charge is 0.361 e. The predicted octanol–water partition coefficient (Wildman–Crippen LogP) is -0.288. The van der Waals surface area contributed by atoms with Crippen molar-refractivity contribution >= 4 is 17.0 Å².